The van der Waals surface area contributed by atoms with Crippen LogP contribution in [0.4, 0.5) is 9.59 Å². The highest BCUT2D eigenvalue weighted by Gasteiger charge is 2.22. The van der Waals surface area contributed by atoms with Gasteiger partial charge in [0.15, 0.2) is 34.9 Å². The molecule has 3 aromatic heterocycles. The quantitative estimate of drug-likeness (QED) is 0.0332. The average molecular weight is 1270 g/mol. The molecule has 0 saturated carbocycles. The van der Waals surface area contributed by atoms with Crippen LogP contribution in [0.25, 0.3) is 68.3 Å². The van der Waals surface area contributed by atoms with E-state index >= 15 is 0 Å². The molecule has 0 saturated heterocycles. The van der Waals surface area contributed by atoms with Gasteiger partial charge in [0.25, 0.3) is 0 Å². The molecule has 0 radical (unpaired) electrons. The lowest BCUT2D eigenvalue weighted by Crippen LogP contribution is -2.54. The van der Waals surface area contributed by atoms with Gasteiger partial charge in [0.05, 0.1) is 11.1 Å². The Morgan fingerprint density at radius 3 is 0.904 bits per heavy atom. The number of benzene rings is 6. The van der Waals surface area contributed by atoms with Crippen LogP contribution in [0.2, 0.25) is 0 Å². The van der Waals surface area contributed by atoms with Crippen molar-refractivity contribution in [1.29, 1.82) is 0 Å². The summed E-state index contributed by atoms with van der Waals surface area (Å²) in [5.41, 5.74) is 10.6. The monoisotopic (exact) mass is 1270 g/mol. The Hall–Kier alpha value is -10.1. The molecule has 9 rings (SSSR count). The van der Waals surface area contributed by atoms with Crippen molar-refractivity contribution in [3.63, 3.8) is 0 Å². The fraction of sp³-hybridized carbons (Fsp3) is 0.365. The van der Waals surface area contributed by atoms with E-state index in [-0.39, 0.29) is 54.3 Å². The maximum atomic E-state index is 13.9. The lowest BCUT2D eigenvalue weighted by Gasteiger charge is -2.14. The van der Waals surface area contributed by atoms with Crippen LogP contribution in [0.15, 0.2) is 124 Å². The maximum Gasteiger partial charge on any atom is 0.412 e. The van der Waals surface area contributed by atoms with Gasteiger partial charge in [0.2, 0.25) is 0 Å². The van der Waals surface area contributed by atoms with Crippen LogP contribution in [0, 0.1) is 55.4 Å². The van der Waals surface area contributed by atoms with Gasteiger partial charge in [-0.25, -0.2) is 67.6 Å². The Morgan fingerprint density at radius 1 is 0.362 bits per heavy atom. The van der Waals surface area contributed by atoms with Crippen LogP contribution in [0.3, 0.4) is 0 Å². The van der Waals surface area contributed by atoms with E-state index in [4.69, 9.17) is 39.4 Å². The van der Waals surface area contributed by atoms with Crippen molar-refractivity contribution in [2.75, 3.05) is 13.1 Å². The SMILES string of the molecule is CCCCCCCn1c(=O)n(CCCCCCNC(=O)Oc2ccc(-c3nc(-c4ccc(C)cc4C)nc(-c4ccc(C)cc4C)n3)c(O)c2)c(=O)n(CCCCCCNC(=O)Oc2ccc(-c3nc(-c4ccc(C)cc4C)nc(-c4ccc(C)cc4C)n3)c(O)c2)c1=O. The highest BCUT2D eigenvalue weighted by Crippen LogP contribution is 2.36. The number of hydrogen-bond acceptors (Lipinski definition) is 15. The van der Waals surface area contributed by atoms with Crippen molar-refractivity contribution in [3.05, 3.63) is 185 Å². The van der Waals surface area contributed by atoms with Crippen LogP contribution in [0.5, 0.6) is 23.0 Å². The minimum atomic E-state index is -0.700. The second-order valence-electron chi connectivity index (χ2n) is 24.4. The number of rotatable bonds is 28. The molecule has 0 aliphatic rings. The molecule has 9 aromatic rings. The topological polar surface area (TPSA) is 260 Å². The van der Waals surface area contributed by atoms with Crippen molar-refractivity contribution in [2.45, 2.75) is 165 Å². The third-order valence-corrected chi connectivity index (χ3v) is 16.6. The predicted octanol–water partition coefficient (Wildman–Crippen LogP) is 14.1. The molecule has 0 unspecified atom stereocenters. The fourth-order valence-corrected chi connectivity index (χ4v) is 11.6. The number of phenolic OH excluding ortho intramolecular Hbond substituents is 2. The maximum absolute atomic E-state index is 13.9. The van der Waals surface area contributed by atoms with Crippen LogP contribution in [0.1, 0.15) is 135 Å². The summed E-state index contributed by atoms with van der Waals surface area (Å²) in [7, 11) is 0. The first-order chi connectivity index (χ1) is 45.2. The van der Waals surface area contributed by atoms with Crippen molar-refractivity contribution >= 4 is 12.2 Å². The highest BCUT2D eigenvalue weighted by molar-refractivity contribution is 5.76. The van der Waals surface area contributed by atoms with Gasteiger partial charge in [-0.15, -0.1) is 0 Å². The van der Waals surface area contributed by atoms with Crippen LogP contribution in [-0.2, 0) is 19.6 Å². The Bertz CT molecular complexity index is 4000. The zero-order valence-electron chi connectivity index (χ0n) is 55.4. The number of hydrogen-bond donors (Lipinski definition) is 4. The van der Waals surface area contributed by atoms with E-state index in [1.165, 1.54) is 25.8 Å². The molecule has 0 atom stereocenters. The Kier molecular flexibility index (Phi) is 23.2. The predicted molar refractivity (Wildman–Crippen MR) is 366 cm³/mol. The molecule has 94 heavy (non-hydrogen) atoms. The fourth-order valence-electron chi connectivity index (χ4n) is 11.6. The Morgan fingerprint density at radius 2 is 0.628 bits per heavy atom. The number of nitrogens with zero attached hydrogens (tertiary/aromatic N) is 9. The highest BCUT2D eigenvalue weighted by atomic mass is 16.6. The number of carbonyl (C=O) groups excluding carboxylic acids is 2. The average Bonchev–Trinajstić information content (AvgIpc) is 0.801. The number of ether oxygens (including phenoxy) is 2. The number of aromatic nitrogens is 9. The van der Waals surface area contributed by atoms with Gasteiger partial charge in [-0.2, -0.15) is 0 Å². The molecule has 0 spiro atoms. The number of aryl methyl sites for hydroxylation is 8. The molecule has 2 amide bonds. The minimum absolute atomic E-state index is 0.122. The van der Waals surface area contributed by atoms with Crippen molar-refractivity contribution in [1.82, 2.24) is 54.2 Å². The van der Waals surface area contributed by atoms with E-state index in [0.29, 0.717) is 105 Å². The second kappa shape index (κ2) is 32.0. The summed E-state index contributed by atoms with van der Waals surface area (Å²) < 4.78 is 14.6. The molecule has 6 aromatic carbocycles. The molecular formula is C74H85N11O9. The summed E-state index contributed by atoms with van der Waals surface area (Å²) in [5, 5.41) is 28.1. The normalized spacial score (nSPS) is 11.2. The molecule has 20 nitrogen and oxygen atoms in total. The second-order valence-corrected chi connectivity index (χ2v) is 24.4. The number of amides is 2. The first kappa shape index (κ1) is 68.3. The molecule has 0 fully saturated rings. The number of unbranched alkanes of at least 4 members (excludes halogenated alkanes) is 10. The van der Waals surface area contributed by atoms with Crippen LogP contribution in [-0.4, -0.2) is 79.1 Å². The summed E-state index contributed by atoms with van der Waals surface area (Å²) in [6.45, 7) is 19.3. The number of carbonyl (C=O) groups is 2. The van der Waals surface area contributed by atoms with E-state index in [1.807, 2.05) is 104 Å². The lowest BCUT2D eigenvalue weighted by atomic mass is 10.0. The zero-order valence-corrected chi connectivity index (χ0v) is 55.4. The standard InChI is InChI=1S/C74H85N11O9/c1-10-11-12-15-20-37-83-72(90)84(38-21-16-13-18-35-75-70(88)93-54-27-33-60(62(86)44-54)68-79-64(56-29-23-46(2)40-50(56)6)77-65(80-68)57-30-24-47(3)41-51(57)7)74(92)85(73(83)91)39-22-17-14-19-36-76-71(89)94-55-28-34-61(63(87)45-55)69-81-66(58-31-25-48(4)42-52(58)8)78-67(82-69)59-32-26-49(5)43-53(59)9/h23-34,40-45,86-87H,10-22,35-39H2,1-9H3,(H,75,88)(H,76,89). The molecular weight excluding hydrogens is 1190 g/mol. The molecule has 20 heteroatoms. The zero-order chi connectivity index (χ0) is 67.0. The van der Waals surface area contributed by atoms with Crippen molar-refractivity contribution < 1.29 is 29.3 Å². The third kappa shape index (κ3) is 17.5. The van der Waals surface area contributed by atoms with Gasteiger partial charge >= 0.3 is 29.3 Å². The summed E-state index contributed by atoms with van der Waals surface area (Å²) >= 11 is 0. The smallest absolute Gasteiger partial charge is 0.412 e. The Balaban J connectivity index is 0.741. The van der Waals surface area contributed by atoms with Gasteiger partial charge in [-0.1, -0.05) is 153 Å². The molecule has 490 valence electrons. The molecule has 0 aliphatic carbocycles. The van der Waals surface area contributed by atoms with Crippen molar-refractivity contribution in [2.24, 2.45) is 0 Å². The van der Waals surface area contributed by atoms with E-state index in [0.717, 1.165) is 92.4 Å². The van der Waals surface area contributed by atoms with Crippen LogP contribution >= 0.6 is 0 Å². The Labute approximate surface area is 548 Å². The van der Waals surface area contributed by atoms with Crippen LogP contribution < -0.4 is 37.2 Å². The number of aromatic hydroxyl groups is 2. The third-order valence-electron chi connectivity index (χ3n) is 16.6. The largest absolute Gasteiger partial charge is 0.507 e. The van der Waals surface area contributed by atoms with Gasteiger partial charge in [-0.3, -0.25) is 0 Å². The van der Waals surface area contributed by atoms with Gasteiger partial charge < -0.3 is 30.3 Å². The molecule has 0 bridgehead atoms. The van der Waals surface area contributed by atoms with Gasteiger partial charge in [-0.05, 0) is 134 Å². The van der Waals surface area contributed by atoms with Gasteiger partial charge in [0.1, 0.15) is 23.0 Å². The molecule has 3 heterocycles. The van der Waals surface area contributed by atoms with E-state index < -0.39 is 29.3 Å². The number of nitrogens with one attached hydrogen (secondary N) is 2. The summed E-state index contributed by atoms with van der Waals surface area (Å²) in [6.07, 6.45) is 7.97. The molecule has 4 N–H and O–H groups in total. The summed E-state index contributed by atoms with van der Waals surface area (Å²) in [5.74, 6) is 2.25. The molecule has 0 aliphatic heterocycles. The van der Waals surface area contributed by atoms with Crippen molar-refractivity contribution in [3.8, 4) is 91.3 Å². The van der Waals surface area contributed by atoms with E-state index in [2.05, 4.69) is 41.8 Å². The lowest BCUT2D eigenvalue weighted by molar-refractivity contribution is 0.199. The van der Waals surface area contributed by atoms with E-state index in [1.54, 1.807) is 24.3 Å². The van der Waals surface area contributed by atoms with Gasteiger partial charge in [0, 0.05) is 67.1 Å². The summed E-state index contributed by atoms with van der Waals surface area (Å²) in [4.78, 5) is 96.3. The first-order valence-corrected chi connectivity index (χ1v) is 32.6. The first-order valence-electron chi connectivity index (χ1n) is 32.6. The number of phenols is 2. The van der Waals surface area contributed by atoms with E-state index in [9.17, 15) is 34.2 Å². The summed E-state index contributed by atoms with van der Waals surface area (Å²) in [6, 6.07) is 33.2. The minimum Gasteiger partial charge on any atom is -0.507 e.